The van der Waals surface area contributed by atoms with E-state index >= 15 is 0 Å². The maximum Gasteiger partial charge on any atom is 0.414 e. The van der Waals surface area contributed by atoms with Gasteiger partial charge in [0.05, 0.1) is 32.6 Å². The second-order valence-electron chi connectivity index (χ2n) is 11.5. The molecule has 0 spiro atoms. The van der Waals surface area contributed by atoms with Crippen molar-refractivity contribution in [2.24, 2.45) is 0 Å². The van der Waals surface area contributed by atoms with Crippen LogP contribution in [0.15, 0.2) is 18.9 Å². The highest BCUT2D eigenvalue weighted by Gasteiger charge is 2.58. The molecule has 17 heteroatoms. The first-order chi connectivity index (χ1) is 21.5. The Morgan fingerprint density at radius 3 is 2.58 bits per heavy atom. The number of ether oxygens (including phenoxy) is 5. The van der Waals surface area contributed by atoms with Crippen LogP contribution in [0.25, 0.3) is 11.0 Å². The molecular weight excluding hydrogens is 633 g/mol. The number of aliphatic hydroxyl groups excluding tert-OH is 1. The van der Waals surface area contributed by atoms with Crippen molar-refractivity contribution in [3.63, 3.8) is 0 Å². The first-order valence-corrected chi connectivity index (χ1v) is 17.1. The third kappa shape index (κ3) is 6.92. The zero-order chi connectivity index (χ0) is 32.4. The second-order valence-corrected chi connectivity index (χ2v) is 14.2. The lowest BCUT2D eigenvalue weighted by molar-refractivity contribution is -0.207. The molecule has 1 unspecified atom stereocenters. The highest BCUT2D eigenvalue weighted by atomic mass is 35.5. The first kappa shape index (κ1) is 34.1. The summed E-state index contributed by atoms with van der Waals surface area (Å²) >= 11 is 6.26. The minimum absolute atomic E-state index is 0.0236. The van der Waals surface area contributed by atoms with Crippen molar-refractivity contribution in [1.29, 1.82) is 0 Å². The van der Waals surface area contributed by atoms with Crippen molar-refractivity contribution in [2.45, 2.75) is 102 Å². The van der Waals surface area contributed by atoms with Crippen LogP contribution in [0.4, 0.5) is 4.79 Å². The molecule has 3 aliphatic rings. The van der Waals surface area contributed by atoms with Gasteiger partial charge in [0.25, 0.3) is 0 Å². The topological polar surface area (TPSA) is 175 Å². The number of hydrogen-bond acceptors (Lipinski definition) is 13. The van der Waals surface area contributed by atoms with E-state index in [0.29, 0.717) is 5.39 Å². The van der Waals surface area contributed by atoms with E-state index in [1.165, 1.54) is 17.0 Å². The maximum absolute atomic E-state index is 13.9. The number of carbonyl (C=O) groups is 1. The van der Waals surface area contributed by atoms with Gasteiger partial charge in [-0.2, -0.15) is 15.1 Å². The number of aromatic nitrogens is 4. The molecule has 1 aliphatic carbocycles. The van der Waals surface area contributed by atoms with Crippen LogP contribution >= 0.6 is 19.2 Å². The van der Waals surface area contributed by atoms with E-state index in [1.807, 2.05) is 0 Å². The molecule has 45 heavy (non-hydrogen) atoms. The van der Waals surface area contributed by atoms with Gasteiger partial charge in [0.15, 0.2) is 23.0 Å². The quantitative estimate of drug-likeness (QED) is 0.163. The standard InChI is InChI=1S/C28H41ClN5O10P/c1-6-13-28(16-35,45(37,39-7-2)40-8-3)38-15-19-20-21(44-27(4,5)43-20)24(41-19)34-22-18(14-30-34)23(33-25(29)32-22)42-26(36)31-17-11-9-10-12-17/h6,14,17,19-21,24,35H,1,7-13,15-16H2,2-5H3,(H,31,36)/t19-,20-,21-,24-,28?/m1/s1. The Balaban J connectivity index is 1.41. The van der Waals surface area contributed by atoms with Gasteiger partial charge in [0, 0.05) is 12.5 Å². The van der Waals surface area contributed by atoms with Gasteiger partial charge in [0.2, 0.25) is 11.2 Å². The Hall–Kier alpha value is -2.20. The first-order valence-electron chi connectivity index (χ1n) is 15.1. The monoisotopic (exact) mass is 673 g/mol. The predicted octanol–water partition coefficient (Wildman–Crippen LogP) is 4.48. The number of carbonyl (C=O) groups excluding carboxylic acids is 1. The van der Waals surface area contributed by atoms with Crippen LogP contribution in [-0.2, 0) is 32.6 Å². The average Bonchev–Trinajstić information content (AvgIpc) is 3.76. The van der Waals surface area contributed by atoms with E-state index in [9.17, 15) is 14.5 Å². The van der Waals surface area contributed by atoms with Crippen LogP contribution in [0.1, 0.15) is 66.0 Å². The highest BCUT2D eigenvalue weighted by Crippen LogP contribution is 2.62. The van der Waals surface area contributed by atoms with Crippen LogP contribution in [0.3, 0.4) is 0 Å². The fraction of sp³-hybridized carbons (Fsp3) is 0.714. The third-order valence-electron chi connectivity index (χ3n) is 7.95. The molecule has 4 heterocycles. The van der Waals surface area contributed by atoms with Crippen LogP contribution < -0.4 is 10.1 Å². The van der Waals surface area contributed by atoms with Crippen molar-refractivity contribution >= 4 is 36.3 Å². The van der Waals surface area contributed by atoms with E-state index in [0.717, 1.165) is 25.7 Å². The van der Waals surface area contributed by atoms with E-state index < -0.39 is 56.0 Å². The fourth-order valence-electron chi connectivity index (χ4n) is 6.00. The molecule has 1 saturated carbocycles. The van der Waals surface area contributed by atoms with Gasteiger partial charge in [-0.15, -0.1) is 6.58 Å². The number of nitrogens with one attached hydrogen (secondary N) is 1. The molecule has 5 rings (SSSR count). The predicted molar refractivity (Wildman–Crippen MR) is 161 cm³/mol. The third-order valence-corrected chi connectivity index (χ3v) is 10.8. The van der Waals surface area contributed by atoms with Crippen LogP contribution in [0, 0.1) is 0 Å². The van der Waals surface area contributed by atoms with Crippen molar-refractivity contribution in [1.82, 2.24) is 25.1 Å². The van der Waals surface area contributed by atoms with Crippen LogP contribution in [0.2, 0.25) is 5.28 Å². The average molecular weight is 674 g/mol. The summed E-state index contributed by atoms with van der Waals surface area (Å²) in [4.78, 5) is 21.1. The number of halogens is 1. The Morgan fingerprint density at radius 1 is 1.24 bits per heavy atom. The van der Waals surface area contributed by atoms with Gasteiger partial charge in [0.1, 0.15) is 23.7 Å². The smallest absolute Gasteiger partial charge is 0.393 e. The summed E-state index contributed by atoms with van der Waals surface area (Å²) in [5, 5.41) is 16.2. The molecule has 2 aromatic heterocycles. The minimum atomic E-state index is -3.98. The van der Waals surface area contributed by atoms with Crippen molar-refractivity contribution < 1.29 is 47.2 Å². The zero-order valence-electron chi connectivity index (χ0n) is 25.8. The number of aliphatic hydroxyl groups is 1. The van der Waals surface area contributed by atoms with Gasteiger partial charge in [-0.3, -0.25) is 4.57 Å². The number of hydrogen-bond donors (Lipinski definition) is 2. The molecule has 0 bridgehead atoms. The summed E-state index contributed by atoms with van der Waals surface area (Å²) in [5.41, 5.74) is 0.242. The molecule has 2 N–H and O–H groups in total. The number of nitrogens with zero attached hydrogens (tertiary/aromatic N) is 4. The number of amides is 1. The lowest BCUT2D eigenvalue weighted by atomic mass is 10.1. The Bertz CT molecular complexity index is 1410. The van der Waals surface area contributed by atoms with Gasteiger partial charge >= 0.3 is 13.7 Å². The highest BCUT2D eigenvalue weighted by molar-refractivity contribution is 7.55. The van der Waals surface area contributed by atoms with Gasteiger partial charge < -0.3 is 43.2 Å². The maximum atomic E-state index is 13.9. The summed E-state index contributed by atoms with van der Waals surface area (Å²) in [6.45, 7) is 9.92. The summed E-state index contributed by atoms with van der Waals surface area (Å²) in [6.07, 6.45) is 3.13. The summed E-state index contributed by atoms with van der Waals surface area (Å²) in [5.74, 6) is -1.04. The molecular formula is C28H41ClN5O10P. The molecule has 5 atom stereocenters. The summed E-state index contributed by atoms with van der Waals surface area (Å²) in [6, 6.07) is 0.0471. The van der Waals surface area contributed by atoms with Crippen molar-refractivity contribution in [3.8, 4) is 5.88 Å². The molecule has 2 aromatic rings. The van der Waals surface area contributed by atoms with Crippen molar-refractivity contribution in [2.75, 3.05) is 26.4 Å². The number of rotatable bonds is 14. The normalized spacial score (nSPS) is 26.2. The van der Waals surface area contributed by atoms with E-state index in [2.05, 4.69) is 27.0 Å². The molecule has 0 radical (unpaired) electrons. The Kier molecular flexibility index (Phi) is 10.5. The molecule has 2 saturated heterocycles. The molecule has 2 aliphatic heterocycles. The van der Waals surface area contributed by atoms with E-state index in [-0.39, 0.29) is 49.1 Å². The summed E-state index contributed by atoms with van der Waals surface area (Å²) in [7, 11) is -3.98. The molecule has 0 aromatic carbocycles. The lowest BCUT2D eigenvalue weighted by Gasteiger charge is -2.37. The van der Waals surface area contributed by atoms with Crippen LogP contribution in [-0.4, -0.2) is 92.9 Å². The zero-order valence-corrected chi connectivity index (χ0v) is 27.5. The molecule has 15 nitrogen and oxygen atoms in total. The van der Waals surface area contributed by atoms with E-state index in [4.69, 9.17) is 44.3 Å². The largest absolute Gasteiger partial charge is 0.414 e. The second kappa shape index (κ2) is 13.9. The molecule has 1 amide bonds. The Morgan fingerprint density at radius 2 is 1.93 bits per heavy atom. The number of fused-ring (bicyclic) bond motifs is 2. The van der Waals surface area contributed by atoms with Crippen LogP contribution in [0.5, 0.6) is 5.88 Å². The Labute approximate surface area is 266 Å². The molecule has 3 fully saturated rings. The summed E-state index contributed by atoms with van der Waals surface area (Å²) < 4.78 is 57.0. The lowest BCUT2D eigenvalue weighted by Crippen LogP contribution is -2.42. The van der Waals surface area contributed by atoms with Gasteiger partial charge in [-0.25, -0.2) is 9.48 Å². The van der Waals surface area contributed by atoms with Gasteiger partial charge in [-0.1, -0.05) is 18.9 Å². The van der Waals surface area contributed by atoms with Gasteiger partial charge in [-0.05, 0) is 52.1 Å². The minimum Gasteiger partial charge on any atom is -0.393 e. The SMILES string of the molecule is C=CCC(CO)(OC[C@H]1O[C@@H](n2ncc3c(OC(=O)NC4CCCC4)nc(Cl)nc32)[C@@H]2OC(C)(C)O[C@@H]21)P(=O)(OCC)OCC. The van der Waals surface area contributed by atoms with Crippen molar-refractivity contribution in [3.05, 3.63) is 24.1 Å². The fourth-order valence-corrected chi connectivity index (χ4v) is 8.14. The molecule has 250 valence electrons. The van der Waals surface area contributed by atoms with E-state index in [1.54, 1.807) is 27.7 Å².